The third-order valence-corrected chi connectivity index (χ3v) is 3.57. The summed E-state index contributed by atoms with van der Waals surface area (Å²) in [5.41, 5.74) is 1.43. The minimum absolute atomic E-state index is 0.170. The fourth-order valence-electron chi connectivity index (χ4n) is 1.87. The third kappa shape index (κ3) is 4.86. The Bertz CT molecular complexity index is 680. The van der Waals surface area contributed by atoms with E-state index in [1.165, 1.54) is 13.2 Å². The first-order valence-electron chi connectivity index (χ1n) is 6.97. The van der Waals surface area contributed by atoms with Gasteiger partial charge < -0.3 is 14.2 Å². The Morgan fingerprint density at radius 2 is 1.91 bits per heavy atom. The lowest BCUT2D eigenvalue weighted by Gasteiger charge is -2.12. The van der Waals surface area contributed by atoms with E-state index in [1.54, 1.807) is 18.2 Å². The van der Waals surface area contributed by atoms with E-state index in [0.717, 1.165) is 10.0 Å². The molecule has 0 unspecified atom stereocenters. The van der Waals surface area contributed by atoms with Crippen molar-refractivity contribution in [3.05, 3.63) is 70.7 Å². The first-order valence-corrected chi connectivity index (χ1v) is 7.76. The predicted molar refractivity (Wildman–Crippen MR) is 91.9 cm³/mol. The van der Waals surface area contributed by atoms with Crippen LogP contribution in [0.1, 0.15) is 15.9 Å². The highest BCUT2D eigenvalue weighted by atomic mass is 79.9. The number of methoxy groups -OCH3 is 1. The van der Waals surface area contributed by atoms with Crippen LogP contribution in [-0.4, -0.2) is 19.7 Å². The van der Waals surface area contributed by atoms with Gasteiger partial charge in [0, 0.05) is 4.47 Å². The van der Waals surface area contributed by atoms with Crippen LogP contribution in [0, 0.1) is 0 Å². The average molecular weight is 377 g/mol. The predicted octanol–water partition coefficient (Wildman–Crippen LogP) is 4.38. The molecule has 0 saturated carbocycles. The zero-order valence-electron chi connectivity index (χ0n) is 12.8. The van der Waals surface area contributed by atoms with Gasteiger partial charge in [-0.3, -0.25) is 0 Å². The molecule has 0 bridgehead atoms. The van der Waals surface area contributed by atoms with Crippen molar-refractivity contribution in [1.29, 1.82) is 0 Å². The van der Waals surface area contributed by atoms with E-state index < -0.39 is 5.97 Å². The number of benzene rings is 2. The van der Waals surface area contributed by atoms with E-state index >= 15 is 0 Å². The molecule has 120 valence electrons. The average Bonchev–Trinajstić information content (AvgIpc) is 2.59. The lowest BCUT2D eigenvalue weighted by molar-refractivity contribution is 0.0549. The fourth-order valence-corrected chi connectivity index (χ4v) is 2.14. The van der Waals surface area contributed by atoms with Gasteiger partial charge in [-0.1, -0.05) is 40.7 Å². The number of esters is 1. The molecule has 0 aliphatic rings. The first kappa shape index (κ1) is 17.1. The summed E-state index contributed by atoms with van der Waals surface area (Å²) in [7, 11) is 1.53. The maximum Gasteiger partial charge on any atom is 0.338 e. The number of rotatable bonds is 7. The first-order chi connectivity index (χ1) is 11.1. The van der Waals surface area contributed by atoms with Crippen molar-refractivity contribution in [3.63, 3.8) is 0 Å². The van der Waals surface area contributed by atoms with E-state index in [2.05, 4.69) is 22.5 Å². The molecule has 0 radical (unpaired) electrons. The minimum Gasteiger partial charge on any atom is -0.493 e. The van der Waals surface area contributed by atoms with Gasteiger partial charge in [-0.05, 0) is 35.9 Å². The number of ether oxygens (including phenoxy) is 3. The number of hydrogen-bond acceptors (Lipinski definition) is 4. The molecular weight excluding hydrogens is 360 g/mol. The molecule has 2 aromatic carbocycles. The summed E-state index contributed by atoms with van der Waals surface area (Å²) in [6, 6.07) is 12.8. The Labute approximate surface area is 143 Å². The van der Waals surface area contributed by atoms with Crippen LogP contribution in [0.3, 0.4) is 0 Å². The molecular formula is C18H17BrO4. The van der Waals surface area contributed by atoms with Crippen molar-refractivity contribution in [2.24, 2.45) is 0 Å². The van der Waals surface area contributed by atoms with Gasteiger partial charge in [-0.25, -0.2) is 4.79 Å². The van der Waals surface area contributed by atoms with E-state index in [0.29, 0.717) is 23.7 Å². The van der Waals surface area contributed by atoms with Crippen LogP contribution in [0.15, 0.2) is 59.6 Å². The molecule has 0 amide bonds. The van der Waals surface area contributed by atoms with Crippen molar-refractivity contribution in [2.75, 3.05) is 13.7 Å². The molecule has 0 aliphatic carbocycles. The quantitative estimate of drug-likeness (QED) is 0.531. The Kier molecular flexibility index (Phi) is 6.23. The van der Waals surface area contributed by atoms with Gasteiger partial charge >= 0.3 is 5.97 Å². The van der Waals surface area contributed by atoms with Crippen LogP contribution in [0.25, 0.3) is 0 Å². The number of carbonyl (C=O) groups is 1. The Balaban J connectivity index is 2.08. The van der Waals surface area contributed by atoms with Crippen LogP contribution in [-0.2, 0) is 11.3 Å². The highest BCUT2D eigenvalue weighted by Crippen LogP contribution is 2.29. The van der Waals surface area contributed by atoms with Crippen LogP contribution in [0.5, 0.6) is 11.5 Å². The third-order valence-electron chi connectivity index (χ3n) is 3.04. The lowest BCUT2D eigenvalue weighted by atomic mass is 10.2. The van der Waals surface area contributed by atoms with Gasteiger partial charge in [0.05, 0.1) is 12.7 Å². The van der Waals surface area contributed by atoms with Crippen LogP contribution >= 0.6 is 15.9 Å². The van der Waals surface area contributed by atoms with Gasteiger partial charge in [0.25, 0.3) is 0 Å². The van der Waals surface area contributed by atoms with Crippen molar-refractivity contribution in [1.82, 2.24) is 0 Å². The van der Waals surface area contributed by atoms with E-state index in [9.17, 15) is 4.79 Å². The summed E-state index contributed by atoms with van der Waals surface area (Å²) in [6.45, 7) is 4.08. The number of halogens is 1. The Morgan fingerprint density at radius 3 is 2.57 bits per heavy atom. The Hall–Kier alpha value is -2.27. The molecule has 0 aromatic heterocycles. The highest BCUT2D eigenvalue weighted by Gasteiger charge is 2.12. The van der Waals surface area contributed by atoms with Crippen molar-refractivity contribution >= 4 is 21.9 Å². The zero-order valence-corrected chi connectivity index (χ0v) is 14.3. The van der Waals surface area contributed by atoms with E-state index in [-0.39, 0.29) is 6.61 Å². The highest BCUT2D eigenvalue weighted by molar-refractivity contribution is 9.10. The van der Waals surface area contributed by atoms with Gasteiger partial charge in [-0.15, -0.1) is 0 Å². The standard InChI is InChI=1S/C18H17BrO4/c1-3-10-22-18(20)14-6-9-16(17(11-14)21-2)23-12-13-4-7-15(19)8-5-13/h3-9,11H,1,10,12H2,2H3. The monoisotopic (exact) mass is 376 g/mol. The van der Waals surface area contributed by atoms with Crippen LogP contribution < -0.4 is 9.47 Å². The number of hydrogen-bond donors (Lipinski definition) is 0. The second kappa shape index (κ2) is 8.39. The maximum absolute atomic E-state index is 11.8. The van der Waals surface area contributed by atoms with Gasteiger partial charge in [0.1, 0.15) is 13.2 Å². The van der Waals surface area contributed by atoms with Crippen molar-refractivity contribution < 1.29 is 19.0 Å². The zero-order chi connectivity index (χ0) is 16.7. The lowest BCUT2D eigenvalue weighted by Crippen LogP contribution is -2.06. The molecule has 23 heavy (non-hydrogen) atoms. The molecule has 5 heteroatoms. The minimum atomic E-state index is -0.428. The normalized spacial score (nSPS) is 10.0. The smallest absolute Gasteiger partial charge is 0.338 e. The summed E-state index contributed by atoms with van der Waals surface area (Å²) in [4.78, 5) is 11.8. The summed E-state index contributed by atoms with van der Waals surface area (Å²) < 4.78 is 17.1. The molecule has 0 fully saturated rings. The van der Waals surface area contributed by atoms with Crippen molar-refractivity contribution in [2.45, 2.75) is 6.61 Å². The Morgan fingerprint density at radius 1 is 1.17 bits per heavy atom. The molecule has 2 rings (SSSR count). The molecule has 4 nitrogen and oxygen atoms in total. The molecule has 0 saturated heterocycles. The van der Waals surface area contributed by atoms with Gasteiger partial charge in [-0.2, -0.15) is 0 Å². The molecule has 0 N–H and O–H groups in total. The molecule has 0 atom stereocenters. The SMILES string of the molecule is C=CCOC(=O)c1ccc(OCc2ccc(Br)cc2)c(OC)c1. The molecule has 0 heterocycles. The summed E-state index contributed by atoms with van der Waals surface area (Å²) in [5.74, 6) is 0.619. The van der Waals surface area contributed by atoms with Gasteiger partial charge in [0.15, 0.2) is 11.5 Å². The second-order valence-corrected chi connectivity index (χ2v) is 5.58. The number of carbonyl (C=O) groups excluding carboxylic acids is 1. The van der Waals surface area contributed by atoms with E-state index in [1.807, 2.05) is 24.3 Å². The molecule has 0 aliphatic heterocycles. The summed E-state index contributed by atoms with van der Waals surface area (Å²) in [6.07, 6.45) is 1.52. The summed E-state index contributed by atoms with van der Waals surface area (Å²) in [5, 5.41) is 0. The van der Waals surface area contributed by atoms with Crippen LogP contribution in [0.4, 0.5) is 0 Å². The molecule has 0 spiro atoms. The van der Waals surface area contributed by atoms with Crippen molar-refractivity contribution in [3.8, 4) is 11.5 Å². The molecule has 2 aromatic rings. The summed E-state index contributed by atoms with van der Waals surface area (Å²) >= 11 is 3.39. The van der Waals surface area contributed by atoms with E-state index in [4.69, 9.17) is 14.2 Å². The second-order valence-electron chi connectivity index (χ2n) is 4.67. The topological polar surface area (TPSA) is 44.8 Å². The fraction of sp³-hybridized carbons (Fsp3) is 0.167. The maximum atomic E-state index is 11.8. The largest absolute Gasteiger partial charge is 0.493 e. The van der Waals surface area contributed by atoms with Gasteiger partial charge in [0.2, 0.25) is 0 Å². The van der Waals surface area contributed by atoms with Crippen LogP contribution in [0.2, 0.25) is 0 Å².